The van der Waals surface area contributed by atoms with Gasteiger partial charge in [-0.3, -0.25) is 9.80 Å². The number of likely N-dealkylation sites (tertiary alicyclic amines) is 2. The second kappa shape index (κ2) is 20.4. The third-order valence-electron chi connectivity index (χ3n) is 15.6. The second-order valence-electron chi connectivity index (χ2n) is 20.0. The van der Waals surface area contributed by atoms with E-state index in [-0.39, 0.29) is 17.8 Å². The van der Waals surface area contributed by atoms with Gasteiger partial charge in [-0.2, -0.15) is 0 Å². The smallest absolute Gasteiger partial charge is 0.130 e. The van der Waals surface area contributed by atoms with Crippen molar-refractivity contribution in [3.63, 3.8) is 0 Å². The minimum Gasteiger partial charge on any atom is -0.507 e. The number of hydrogen-bond donors (Lipinski definition) is 3. The second-order valence-corrected chi connectivity index (χ2v) is 20.0. The predicted molar refractivity (Wildman–Crippen MR) is 293 cm³/mol. The summed E-state index contributed by atoms with van der Waals surface area (Å²) in [5.41, 5.74) is 12.4. The fourth-order valence-electron chi connectivity index (χ4n) is 11.9. The molecule has 0 bridgehead atoms. The zero-order valence-electron chi connectivity index (χ0n) is 41.0. The van der Waals surface area contributed by atoms with Crippen LogP contribution in [-0.2, 0) is 24.3 Å². The highest BCUT2D eigenvalue weighted by atomic mass is 16.3. The fourth-order valence-corrected chi connectivity index (χ4v) is 11.9. The highest BCUT2D eigenvalue weighted by Gasteiger charge is 2.47. The Labute approximate surface area is 425 Å². The van der Waals surface area contributed by atoms with E-state index in [2.05, 4.69) is 223 Å². The zero-order valence-corrected chi connectivity index (χ0v) is 41.0. The third kappa shape index (κ3) is 9.22. The van der Waals surface area contributed by atoms with Gasteiger partial charge in [0, 0.05) is 36.3 Å². The van der Waals surface area contributed by atoms with Crippen molar-refractivity contribution in [2.75, 3.05) is 13.1 Å². The van der Waals surface area contributed by atoms with Crippen LogP contribution in [0, 0.1) is 6.92 Å². The molecule has 5 heteroatoms. The van der Waals surface area contributed by atoms with E-state index < -0.39 is 11.2 Å². The number of rotatable bonds is 14. The molecule has 11 rings (SSSR count). The van der Waals surface area contributed by atoms with Gasteiger partial charge in [-0.15, -0.1) is 0 Å². The summed E-state index contributed by atoms with van der Waals surface area (Å²) in [7, 11) is 0. The molecule has 2 heterocycles. The first-order valence-corrected chi connectivity index (χ1v) is 25.6. The summed E-state index contributed by atoms with van der Waals surface area (Å²) in [5.74, 6) is 0.280. The van der Waals surface area contributed by atoms with Gasteiger partial charge in [0.15, 0.2) is 0 Å². The maximum Gasteiger partial charge on any atom is 0.130 e. The Balaban J connectivity index is 0.908. The van der Waals surface area contributed by atoms with Gasteiger partial charge in [-0.1, -0.05) is 236 Å². The lowest BCUT2D eigenvalue weighted by Gasteiger charge is -2.41. The lowest BCUT2D eigenvalue weighted by Crippen LogP contribution is -2.48. The highest BCUT2D eigenvalue weighted by Crippen LogP contribution is 2.45. The molecule has 0 unspecified atom stereocenters. The van der Waals surface area contributed by atoms with Crippen molar-refractivity contribution in [1.82, 2.24) is 9.80 Å². The van der Waals surface area contributed by atoms with Crippen molar-refractivity contribution in [3.8, 4) is 50.3 Å². The number of phenols is 1. The molecule has 0 saturated carbocycles. The van der Waals surface area contributed by atoms with Crippen molar-refractivity contribution in [2.24, 2.45) is 0 Å². The number of nitrogens with zero attached hydrogens (tertiary/aromatic N) is 2. The quantitative estimate of drug-likeness (QED) is 0.101. The van der Waals surface area contributed by atoms with E-state index in [9.17, 15) is 15.3 Å². The van der Waals surface area contributed by atoms with Crippen molar-refractivity contribution in [3.05, 3.63) is 269 Å². The van der Waals surface area contributed by atoms with Gasteiger partial charge in [-0.05, 0) is 112 Å². The van der Waals surface area contributed by atoms with Crippen LogP contribution in [0.3, 0.4) is 0 Å². The first-order chi connectivity index (χ1) is 35.3. The summed E-state index contributed by atoms with van der Waals surface area (Å²) in [5, 5.41) is 39.5. The van der Waals surface area contributed by atoms with Crippen LogP contribution >= 0.6 is 0 Å². The molecule has 9 aromatic carbocycles. The van der Waals surface area contributed by atoms with Crippen molar-refractivity contribution in [2.45, 2.75) is 69.0 Å². The Kier molecular flexibility index (Phi) is 13.3. The summed E-state index contributed by atoms with van der Waals surface area (Å²) in [6.45, 7) is 4.63. The Morgan fingerprint density at radius 3 is 0.889 bits per heavy atom. The maximum atomic E-state index is 13.5. The first-order valence-electron chi connectivity index (χ1n) is 25.6. The van der Waals surface area contributed by atoms with Crippen LogP contribution in [-0.4, -0.2) is 50.3 Å². The van der Waals surface area contributed by atoms with Gasteiger partial charge in [0.05, 0.1) is 0 Å². The molecule has 0 amide bonds. The SMILES string of the molecule is Cc1cc(CN2CCC[C@@H]2C(O)(c2ccc(-c3ccccc3)cc2)c2ccc(-c3ccccc3)cc2)c(O)c(CN2CCC[C@@H]2C(O)(c2ccc(-c3ccccc3)cc2)c2ccc(-c3ccccc3)cc2)c1. The topological polar surface area (TPSA) is 67.2 Å². The molecule has 5 nitrogen and oxygen atoms in total. The molecule has 2 saturated heterocycles. The van der Waals surface area contributed by atoms with Crippen molar-refractivity contribution >= 4 is 0 Å². The van der Waals surface area contributed by atoms with E-state index in [1.54, 1.807) is 0 Å². The molecule has 0 spiro atoms. The summed E-state index contributed by atoms with van der Waals surface area (Å²) in [6, 6.07) is 78.9. The van der Waals surface area contributed by atoms with Crippen LogP contribution in [0.4, 0.5) is 0 Å². The molecule has 3 N–H and O–H groups in total. The molecule has 2 atom stereocenters. The van der Waals surface area contributed by atoms with Crippen LogP contribution in [0.5, 0.6) is 5.75 Å². The normalized spacial score (nSPS) is 16.5. The molecular weight excluding hydrogens is 881 g/mol. The van der Waals surface area contributed by atoms with E-state index in [0.29, 0.717) is 13.1 Å². The number of hydrogen-bond acceptors (Lipinski definition) is 5. The van der Waals surface area contributed by atoms with Gasteiger partial charge in [0.2, 0.25) is 0 Å². The van der Waals surface area contributed by atoms with Gasteiger partial charge >= 0.3 is 0 Å². The minimum absolute atomic E-state index is 0.259. The molecule has 0 radical (unpaired) electrons. The standard InChI is InChI=1S/C67H62N2O3/c1-48-44-57(46-68-42-14-24-63(68)66(71,59-34-26-53(27-35-59)49-16-6-2-7-17-49)60-36-28-54(29-37-60)50-18-8-3-9-19-50)65(70)58(45-48)47-69-43-15-25-64(69)67(72,61-38-30-55(31-39-61)51-20-10-4-11-21-51)62-40-32-56(33-41-62)52-22-12-5-13-23-52/h2-13,16-23,26-41,44-45,63-64,70-72H,14-15,24-25,42-43,46-47H2,1H3/t63-,64-/m1/s1. The minimum atomic E-state index is -1.34. The monoisotopic (exact) mass is 942 g/mol. The van der Waals surface area contributed by atoms with Gasteiger partial charge in [0.25, 0.3) is 0 Å². The van der Waals surface area contributed by atoms with E-state index in [4.69, 9.17) is 0 Å². The number of benzene rings is 9. The van der Waals surface area contributed by atoms with E-state index in [1.165, 1.54) is 0 Å². The van der Waals surface area contributed by atoms with Crippen molar-refractivity contribution < 1.29 is 15.3 Å². The number of phenolic OH excluding ortho intramolecular Hbond substituents is 1. The molecule has 2 aliphatic heterocycles. The van der Waals surface area contributed by atoms with Crippen LogP contribution in [0.2, 0.25) is 0 Å². The number of aryl methyl sites for hydroxylation is 1. The maximum absolute atomic E-state index is 13.5. The van der Waals surface area contributed by atoms with Crippen molar-refractivity contribution in [1.29, 1.82) is 0 Å². The van der Waals surface area contributed by atoms with Crippen LogP contribution in [0.15, 0.2) is 231 Å². The van der Waals surface area contributed by atoms with E-state index >= 15 is 0 Å². The van der Waals surface area contributed by atoms with Crippen LogP contribution < -0.4 is 0 Å². The summed E-state index contributed by atoms with van der Waals surface area (Å²) < 4.78 is 0. The molecule has 72 heavy (non-hydrogen) atoms. The fraction of sp³-hybridized carbons (Fsp3) is 0.194. The average molecular weight is 943 g/mol. The average Bonchev–Trinajstić information content (AvgIpc) is 4.13. The largest absolute Gasteiger partial charge is 0.507 e. The van der Waals surface area contributed by atoms with Crippen LogP contribution in [0.25, 0.3) is 44.5 Å². The van der Waals surface area contributed by atoms with E-state index in [1.807, 2.05) is 24.3 Å². The lowest BCUT2D eigenvalue weighted by molar-refractivity contribution is -0.00732. The van der Waals surface area contributed by atoms with Gasteiger partial charge in [0.1, 0.15) is 17.0 Å². The molecule has 0 aromatic heterocycles. The molecule has 358 valence electrons. The predicted octanol–water partition coefficient (Wildman–Crippen LogP) is 14.2. The molecule has 2 aliphatic rings. The highest BCUT2D eigenvalue weighted by molar-refractivity contribution is 5.68. The van der Waals surface area contributed by atoms with E-state index in [0.717, 1.165) is 122 Å². The Bertz CT molecular complexity index is 2830. The Morgan fingerprint density at radius 2 is 0.625 bits per heavy atom. The number of aliphatic hydroxyl groups is 2. The van der Waals surface area contributed by atoms with Gasteiger partial charge in [-0.25, -0.2) is 0 Å². The van der Waals surface area contributed by atoms with Crippen LogP contribution in [0.1, 0.15) is 64.6 Å². The summed E-state index contributed by atoms with van der Waals surface area (Å²) in [6.07, 6.45) is 3.43. The molecule has 2 fully saturated rings. The molecule has 0 aliphatic carbocycles. The molecule has 9 aromatic rings. The lowest BCUT2D eigenvalue weighted by atomic mass is 9.78. The molecular formula is C67H62N2O3. The van der Waals surface area contributed by atoms with Gasteiger partial charge < -0.3 is 15.3 Å². The summed E-state index contributed by atoms with van der Waals surface area (Å²) >= 11 is 0. The number of aromatic hydroxyl groups is 1. The summed E-state index contributed by atoms with van der Waals surface area (Å²) in [4.78, 5) is 4.76. The third-order valence-corrected chi connectivity index (χ3v) is 15.6. The Hall–Kier alpha value is -7.38. The Morgan fingerprint density at radius 1 is 0.375 bits per heavy atom. The first kappa shape index (κ1) is 47.0. The zero-order chi connectivity index (χ0) is 49.1.